The van der Waals surface area contributed by atoms with Gasteiger partial charge in [0.1, 0.15) is 0 Å². The molecule has 1 aromatic carbocycles. The van der Waals surface area contributed by atoms with Crippen LogP contribution in [0.1, 0.15) is 56.2 Å². The van der Waals surface area contributed by atoms with Crippen molar-refractivity contribution in [2.45, 2.75) is 46.1 Å². The number of thiophene rings is 1. The van der Waals surface area contributed by atoms with Gasteiger partial charge >= 0.3 is 6.03 Å². The summed E-state index contributed by atoms with van der Waals surface area (Å²) in [6, 6.07) is 11.7. The fraction of sp³-hybridized carbons (Fsp3) is 0.348. The van der Waals surface area contributed by atoms with E-state index in [0.717, 1.165) is 41.0 Å². The van der Waals surface area contributed by atoms with Crippen LogP contribution in [0.4, 0.5) is 4.79 Å². The summed E-state index contributed by atoms with van der Waals surface area (Å²) in [7, 11) is 0. The van der Waals surface area contributed by atoms with Gasteiger partial charge in [0.2, 0.25) is 5.82 Å². The van der Waals surface area contributed by atoms with Crippen molar-refractivity contribution < 1.29 is 9.32 Å². The monoisotopic (exact) mass is 422 g/mol. The van der Waals surface area contributed by atoms with Gasteiger partial charge in [-0.3, -0.25) is 4.90 Å². The molecule has 0 bridgehead atoms. The minimum absolute atomic E-state index is 0.0871. The Morgan fingerprint density at radius 1 is 1.17 bits per heavy atom. The summed E-state index contributed by atoms with van der Waals surface area (Å²) in [6.07, 6.45) is 3.13. The molecular formula is C23H26N4O2S. The van der Waals surface area contributed by atoms with E-state index in [-0.39, 0.29) is 12.1 Å². The quantitative estimate of drug-likeness (QED) is 0.489. The van der Waals surface area contributed by atoms with Crippen molar-refractivity contribution in [3.05, 3.63) is 64.5 Å². The highest BCUT2D eigenvalue weighted by Gasteiger charge is 2.35. The van der Waals surface area contributed by atoms with Crippen LogP contribution in [0.2, 0.25) is 0 Å². The van der Waals surface area contributed by atoms with Crippen molar-refractivity contribution in [2.24, 2.45) is 0 Å². The van der Waals surface area contributed by atoms with Gasteiger partial charge in [0, 0.05) is 12.2 Å². The molecule has 0 fully saturated rings. The molecule has 156 valence electrons. The van der Waals surface area contributed by atoms with Gasteiger partial charge in [-0.05, 0) is 37.3 Å². The zero-order chi connectivity index (χ0) is 21.1. The number of nitrogens with one attached hydrogen (secondary N) is 1. The number of hydrogen-bond donors (Lipinski definition) is 1. The molecule has 1 unspecified atom stereocenters. The van der Waals surface area contributed by atoms with Gasteiger partial charge in [-0.25, -0.2) is 4.79 Å². The molecular weight excluding hydrogens is 396 g/mol. The first-order valence-corrected chi connectivity index (χ1v) is 11.2. The Morgan fingerprint density at radius 3 is 2.67 bits per heavy atom. The Labute approximate surface area is 180 Å². The van der Waals surface area contributed by atoms with Crippen LogP contribution in [-0.4, -0.2) is 27.6 Å². The molecule has 1 N–H and O–H groups in total. The number of carbonyl (C=O) groups is 1. The van der Waals surface area contributed by atoms with E-state index in [1.807, 2.05) is 55.6 Å². The van der Waals surface area contributed by atoms with Crippen LogP contribution in [0, 0.1) is 6.92 Å². The Morgan fingerprint density at radius 2 is 1.97 bits per heavy atom. The third-order valence-corrected chi connectivity index (χ3v) is 6.26. The molecule has 6 nitrogen and oxygen atoms in total. The summed E-state index contributed by atoms with van der Waals surface area (Å²) in [5.41, 5.74) is 3.88. The average Bonchev–Trinajstić information content (AvgIpc) is 3.42. The van der Waals surface area contributed by atoms with Crippen LogP contribution < -0.4 is 5.32 Å². The molecule has 2 aromatic heterocycles. The third kappa shape index (κ3) is 4.03. The minimum atomic E-state index is -0.336. The van der Waals surface area contributed by atoms with E-state index >= 15 is 0 Å². The number of hydrogen-bond acceptors (Lipinski definition) is 5. The van der Waals surface area contributed by atoms with Gasteiger partial charge in [0.15, 0.2) is 0 Å². The summed E-state index contributed by atoms with van der Waals surface area (Å²) < 4.78 is 5.69. The normalized spacial score (nSPS) is 16.8. The number of carbonyl (C=O) groups excluding carboxylic acids is 1. The van der Waals surface area contributed by atoms with Crippen LogP contribution in [0.15, 0.2) is 52.0 Å². The fourth-order valence-electron chi connectivity index (χ4n) is 3.70. The van der Waals surface area contributed by atoms with Crippen LogP contribution in [-0.2, 0) is 0 Å². The van der Waals surface area contributed by atoms with Gasteiger partial charge in [-0.15, -0.1) is 11.3 Å². The molecule has 1 atom stereocenters. The molecule has 0 saturated carbocycles. The Bertz CT molecular complexity index is 1040. The molecule has 7 heteroatoms. The highest BCUT2D eigenvalue weighted by Crippen LogP contribution is 2.37. The maximum Gasteiger partial charge on any atom is 0.322 e. The van der Waals surface area contributed by atoms with Crippen LogP contribution in [0.25, 0.3) is 16.3 Å². The summed E-state index contributed by atoms with van der Waals surface area (Å²) in [4.78, 5) is 20.4. The smallest absolute Gasteiger partial charge is 0.322 e. The van der Waals surface area contributed by atoms with Gasteiger partial charge in [-0.1, -0.05) is 60.8 Å². The fourth-order valence-corrected chi connectivity index (χ4v) is 4.34. The van der Waals surface area contributed by atoms with Crippen molar-refractivity contribution in [3.63, 3.8) is 0 Å². The Balaban J connectivity index is 1.76. The number of rotatable bonds is 7. The lowest BCUT2D eigenvalue weighted by Gasteiger charge is -2.35. The maximum absolute atomic E-state index is 12.9. The summed E-state index contributed by atoms with van der Waals surface area (Å²) in [6.45, 7) is 6.84. The van der Waals surface area contributed by atoms with Crippen LogP contribution in [0.3, 0.4) is 0 Å². The number of nitrogens with zero attached hydrogens (tertiary/aromatic N) is 3. The first-order chi connectivity index (χ1) is 14.6. The van der Waals surface area contributed by atoms with Gasteiger partial charge < -0.3 is 9.84 Å². The number of benzene rings is 1. The number of unbranched alkanes of at least 4 members (excludes halogenated alkanes) is 2. The van der Waals surface area contributed by atoms with E-state index in [4.69, 9.17) is 4.52 Å². The van der Waals surface area contributed by atoms with Gasteiger partial charge in [-0.2, -0.15) is 4.98 Å². The third-order valence-electron chi connectivity index (χ3n) is 5.39. The van der Waals surface area contributed by atoms with Crippen LogP contribution >= 0.6 is 11.3 Å². The lowest BCUT2D eigenvalue weighted by molar-refractivity contribution is 0.204. The number of urea groups is 1. The Kier molecular flexibility index (Phi) is 5.99. The molecule has 1 aliphatic heterocycles. The number of aryl methyl sites for hydroxylation is 1. The molecule has 0 saturated heterocycles. The molecule has 0 radical (unpaired) electrons. The second kappa shape index (κ2) is 8.83. The van der Waals surface area contributed by atoms with Gasteiger partial charge in [0.25, 0.3) is 5.89 Å². The second-order valence-corrected chi connectivity index (χ2v) is 8.50. The molecule has 0 spiro atoms. The van der Waals surface area contributed by atoms with E-state index < -0.39 is 0 Å². The number of amides is 2. The number of aromatic nitrogens is 2. The summed E-state index contributed by atoms with van der Waals surface area (Å²) in [5.74, 6) is 1.01. The predicted molar refractivity (Wildman–Crippen MR) is 119 cm³/mol. The van der Waals surface area contributed by atoms with E-state index in [1.54, 1.807) is 16.2 Å². The molecule has 1 aliphatic rings. The van der Waals surface area contributed by atoms with E-state index in [1.165, 1.54) is 5.56 Å². The van der Waals surface area contributed by atoms with E-state index in [2.05, 4.69) is 22.4 Å². The highest BCUT2D eigenvalue weighted by atomic mass is 32.1. The van der Waals surface area contributed by atoms with Gasteiger partial charge in [0.05, 0.1) is 16.5 Å². The standard InChI is InChI=1S/C23H26N4O2S/c1-4-5-6-13-27-16(3)19(22-25-21(26-29-22)18-8-7-14-30-18)20(24-23(27)28)17-11-9-15(2)10-12-17/h7-12,14,20H,4-6,13H2,1-3H3,(H,24,28). The molecule has 30 heavy (non-hydrogen) atoms. The predicted octanol–water partition coefficient (Wildman–Crippen LogP) is 5.79. The van der Waals surface area contributed by atoms with Crippen molar-refractivity contribution >= 4 is 22.9 Å². The van der Waals surface area contributed by atoms with Crippen molar-refractivity contribution in [2.75, 3.05) is 6.54 Å². The largest absolute Gasteiger partial charge is 0.334 e. The molecule has 3 heterocycles. The lowest BCUT2D eigenvalue weighted by atomic mass is 9.94. The van der Waals surface area contributed by atoms with Crippen molar-refractivity contribution in [1.29, 1.82) is 0 Å². The second-order valence-electron chi connectivity index (χ2n) is 7.55. The first-order valence-electron chi connectivity index (χ1n) is 10.3. The van der Waals surface area contributed by atoms with E-state index in [0.29, 0.717) is 18.3 Å². The average molecular weight is 423 g/mol. The SMILES string of the molecule is CCCCCN1C(=O)NC(c2ccc(C)cc2)C(c2nc(-c3cccs3)no2)=C1C. The van der Waals surface area contributed by atoms with Crippen LogP contribution in [0.5, 0.6) is 0 Å². The molecule has 2 amide bonds. The minimum Gasteiger partial charge on any atom is -0.334 e. The Hall–Kier alpha value is -2.93. The van der Waals surface area contributed by atoms with E-state index in [9.17, 15) is 4.79 Å². The lowest BCUT2D eigenvalue weighted by Crippen LogP contribution is -2.46. The molecule has 4 rings (SSSR count). The van der Waals surface area contributed by atoms with Crippen molar-refractivity contribution in [3.8, 4) is 10.7 Å². The zero-order valence-electron chi connectivity index (χ0n) is 17.5. The molecule has 3 aromatic rings. The summed E-state index contributed by atoms with van der Waals surface area (Å²) in [5, 5.41) is 9.33. The highest BCUT2D eigenvalue weighted by molar-refractivity contribution is 7.13. The summed E-state index contributed by atoms with van der Waals surface area (Å²) >= 11 is 1.57. The number of allylic oxidation sites excluding steroid dienone is 1. The zero-order valence-corrected chi connectivity index (χ0v) is 18.3. The molecule has 0 aliphatic carbocycles. The van der Waals surface area contributed by atoms with Crippen molar-refractivity contribution in [1.82, 2.24) is 20.4 Å². The maximum atomic E-state index is 12.9. The topological polar surface area (TPSA) is 71.3 Å². The first kappa shape index (κ1) is 20.3.